The van der Waals surface area contributed by atoms with Gasteiger partial charge >= 0.3 is 0 Å². The molecule has 0 radical (unpaired) electrons. The van der Waals surface area contributed by atoms with Crippen molar-refractivity contribution in [2.75, 3.05) is 0 Å². The largest absolute Gasteiger partial charge is 0.467 e. The Kier molecular flexibility index (Phi) is 3.24. The molecule has 1 unspecified atom stereocenters. The maximum absolute atomic E-state index is 11.7. The van der Waals surface area contributed by atoms with Crippen molar-refractivity contribution in [3.8, 4) is 0 Å². The molecule has 4 heteroatoms. The van der Waals surface area contributed by atoms with E-state index in [1.54, 1.807) is 25.3 Å². The molecule has 1 aromatic heterocycles. The van der Waals surface area contributed by atoms with E-state index in [4.69, 9.17) is 10.2 Å². The number of rotatable bonds is 4. The Balaban J connectivity index is 2.34. The summed E-state index contributed by atoms with van der Waals surface area (Å²) in [6, 6.07) is 13.2. The average Bonchev–Trinajstić information content (AvgIpc) is 2.84. The second kappa shape index (κ2) is 4.67. The van der Waals surface area contributed by atoms with Crippen LogP contribution in [-0.2, 0) is 9.54 Å². The fourth-order valence-corrected chi connectivity index (χ4v) is 2.58. The molecule has 0 aliphatic heterocycles. The van der Waals surface area contributed by atoms with Gasteiger partial charge in [0, 0.05) is 4.90 Å². The van der Waals surface area contributed by atoms with Crippen LogP contribution in [0.5, 0.6) is 0 Å². The van der Waals surface area contributed by atoms with Crippen LogP contribution in [-0.4, -0.2) is 5.91 Å². The summed E-state index contributed by atoms with van der Waals surface area (Å²) in [4.78, 5) is 12.6. The molecule has 0 aliphatic rings. The lowest BCUT2D eigenvalue weighted by Gasteiger charge is -2.22. The van der Waals surface area contributed by atoms with Crippen LogP contribution in [0.1, 0.15) is 12.7 Å². The maximum atomic E-state index is 11.7. The van der Waals surface area contributed by atoms with Crippen molar-refractivity contribution in [2.24, 2.45) is 5.73 Å². The second-order valence-corrected chi connectivity index (χ2v) is 5.28. The molecule has 0 saturated heterocycles. The maximum Gasteiger partial charge on any atom is 0.241 e. The van der Waals surface area contributed by atoms with Gasteiger partial charge in [-0.2, -0.15) is 0 Å². The third-order valence-electron chi connectivity index (χ3n) is 2.53. The van der Waals surface area contributed by atoms with Crippen LogP contribution < -0.4 is 5.73 Å². The minimum absolute atomic E-state index is 0.415. The van der Waals surface area contributed by atoms with Gasteiger partial charge in [0.05, 0.1) is 6.26 Å². The fourth-order valence-electron chi connectivity index (χ4n) is 1.50. The SMILES string of the molecule is CC(Sc1ccccc1)(C(N)=O)c1ccco1. The number of amides is 1. The van der Waals surface area contributed by atoms with Gasteiger partial charge in [0.2, 0.25) is 5.91 Å². The number of thioether (sulfide) groups is 1. The van der Waals surface area contributed by atoms with Crippen LogP contribution in [0.2, 0.25) is 0 Å². The van der Waals surface area contributed by atoms with Crippen molar-refractivity contribution in [3.05, 3.63) is 54.5 Å². The normalized spacial score (nSPS) is 14.2. The monoisotopic (exact) mass is 247 g/mol. The average molecular weight is 247 g/mol. The van der Waals surface area contributed by atoms with Gasteiger partial charge in [-0.25, -0.2) is 0 Å². The third kappa shape index (κ3) is 2.36. The van der Waals surface area contributed by atoms with Gasteiger partial charge in [0.15, 0.2) is 4.75 Å². The molecule has 1 aromatic carbocycles. The number of benzene rings is 1. The van der Waals surface area contributed by atoms with Gasteiger partial charge in [0.25, 0.3) is 0 Å². The van der Waals surface area contributed by atoms with E-state index in [1.165, 1.54) is 11.8 Å². The van der Waals surface area contributed by atoms with Crippen molar-refractivity contribution in [3.63, 3.8) is 0 Å². The summed E-state index contributed by atoms with van der Waals surface area (Å²) in [5.74, 6) is 0.153. The van der Waals surface area contributed by atoms with Gasteiger partial charge in [0.1, 0.15) is 5.76 Å². The van der Waals surface area contributed by atoms with Gasteiger partial charge in [-0.05, 0) is 31.2 Å². The summed E-state index contributed by atoms with van der Waals surface area (Å²) < 4.78 is 4.43. The molecule has 1 atom stereocenters. The van der Waals surface area contributed by atoms with E-state index in [9.17, 15) is 4.79 Å². The van der Waals surface area contributed by atoms with Crippen molar-refractivity contribution < 1.29 is 9.21 Å². The molecule has 17 heavy (non-hydrogen) atoms. The molecule has 2 rings (SSSR count). The first-order chi connectivity index (χ1) is 8.13. The van der Waals surface area contributed by atoms with Crippen molar-refractivity contribution >= 4 is 17.7 Å². The molecule has 2 aromatic rings. The lowest BCUT2D eigenvalue weighted by Crippen LogP contribution is -2.35. The second-order valence-electron chi connectivity index (χ2n) is 3.79. The van der Waals surface area contributed by atoms with Gasteiger partial charge in [-0.3, -0.25) is 4.79 Å². The van der Waals surface area contributed by atoms with Crippen LogP contribution >= 0.6 is 11.8 Å². The Hall–Kier alpha value is -1.68. The first kappa shape index (κ1) is 11.8. The lowest BCUT2D eigenvalue weighted by atomic mass is 10.1. The van der Waals surface area contributed by atoms with Gasteiger partial charge < -0.3 is 10.2 Å². The van der Waals surface area contributed by atoms with E-state index in [2.05, 4.69) is 0 Å². The van der Waals surface area contributed by atoms with Crippen molar-refractivity contribution in [1.82, 2.24) is 0 Å². The van der Waals surface area contributed by atoms with Crippen LogP contribution in [0.15, 0.2) is 58.0 Å². The molecule has 0 bridgehead atoms. The molecule has 3 nitrogen and oxygen atoms in total. The van der Waals surface area contributed by atoms with E-state index in [0.717, 1.165) is 4.90 Å². The highest BCUT2D eigenvalue weighted by atomic mass is 32.2. The number of carbonyl (C=O) groups is 1. The van der Waals surface area contributed by atoms with E-state index in [1.807, 2.05) is 30.3 Å². The molecular weight excluding hydrogens is 234 g/mol. The van der Waals surface area contributed by atoms with Crippen molar-refractivity contribution in [1.29, 1.82) is 0 Å². The molecule has 1 amide bonds. The summed E-state index contributed by atoms with van der Waals surface area (Å²) in [6.07, 6.45) is 1.54. The Bertz CT molecular complexity index is 495. The third-order valence-corrected chi connectivity index (χ3v) is 3.85. The highest BCUT2D eigenvalue weighted by Gasteiger charge is 2.37. The summed E-state index contributed by atoms with van der Waals surface area (Å²) in [5.41, 5.74) is 5.49. The van der Waals surface area contributed by atoms with E-state index in [0.29, 0.717) is 5.76 Å². The number of primary amides is 1. The van der Waals surface area contributed by atoms with Gasteiger partial charge in [-0.1, -0.05) is 18.2 Å². The molecule has 2 N–H and O–H groups in total. The quantitative estimate of drug-likeness (QED) is 0.845. The Morgan fingerprint density at radius 3 is 2.47 bits per heavy atom. The Labute approximate surface area is 104 Å². The molecule has 0 saturated carbocycles. The molecule has 0 fully saturated rings. The zero-order valence-corrected chi connectivity index (χ0v) is 10.2. The molecule has 0 spiro atoms. The van der Waals surface area contributed by atoms with E-state index in [-0.39, 0.29) is 0 Å². The number of hydrogen-bond acceptors (Lipinski definition) is 3. The molecule has 88 valence electrons. The highest BCUT2D eigenvalue weighted by Crippen LogP contribution is 2.41. The summed E-state index contributed by atoms with van der Waals surface area (Å²) in [6.45, 7) is 1.77. The first-order valence-electron chi connectivity index (χ1n) is 5.21. The van der Waals surface area contributed by atoms with E-state index < -0.39 is 10.7 Å². The van der Waals surface area contributed by atoms with Crippen LogP contribution in [0.3, 0.4) is 0 Å². The zero-order valence-electron chi connectivity index (χ0n) is 9.42. The highest BCUT2D eigenvalue weighted by molar-refractivity contribution is 8.01. The Morgan fingerprint density at radius 1 is 1.24 bits per heavy atom. The zero-order chi connectivity index (χ0) is 12.3. The minimum atomic E-state index is -0.884. The molecule has 1 heterocycles. The number of nitrogens with two attached hydrogens (primary N) is 1. The fraction of sp³-hybridized carbons (Fsp3) is 0.154. The van der Waals surface area contributed by atoms with Crippen molar-refractivity contribution in [2.45, 2.75) is 16.6 Å². The predicted octanol–water partition coefficient (Wildman–Crippen LogP) is 2.77. The summed E-state index contributed by atoms with van der Waals surface area (Å²) in [5, 5.41) is 0. The smallest absolute Gasteiger partial charge is 0.241 e. The molecular formula is C13H13NO2S. The number of furan rings is 1. The first-order valence-corrected chi connectivity index (χ1v) is 6.02. The van der Waals surface area contributed by atoms with Crippen LogP contribution in [0, 0.1) is 0 Å². The van der Waals surface area contributed by atoms with E-state index >= 15 is 0 Å². The van der Waals surface area contributed by atoms with Gasteiger partial charge in [-0.15, -0.1) is 11.8 Å². The topological polar surface area (TPSA) is 56.2 Å². The summed E-state index contributed by atoms with van der Waals surface area (Å²) in [7, 11) is 0. The predicted molar refractivity (Wildman–Crippen MR) is 67.6 cm³/mol. The minimum Gasteiger partial charge on any atom is -0.467 e. The Morgan fingerprint density at radius 2 is 1.94 bits per heavy atom. The number of carbonyl (C=O) groups excluding carboxylic acids is 1. The lowest BCUT2D eigenvalue weighted by molar-refractivity contribution is -0.120. The van der Waals surface area contributed by atoms with Crippen LogP contribution in [0.4, 0.5) is 0 Å². The standard InChI is InChI=1S/C13H13NO2S/c1-13(12(14)15,11-8-5-9-16-11)17-10-6-3-2-4-7-10/h2-9H,1H3,(H2,14,15). The summed E-state index contributed by atoms with van der Waals surface area (Å²) >= 11 is 1.39. The van der Waals surface area contributed by atoms with Crippen LogP contribution in [0.25, 0.3) is 0 Å². The number of hydrogen-bond donors (Lipinski definition) is 1. The molecule has 0 aliphatic carbocycles.